The normalized spacial score (nSPS) is 20.7. The monoisotopic (exact) mass is 773 g/mol. The number of nitrogens with one attached hydrogen (secondary N) is 3. The molecule has 3 N–H and O–H groups in total. The summed E-state index contributed by atoms with van der Waals surface area (Å²) in [6.45, 7) is 9.45. The molecule has 0 spiro atoms. The molecular formula is C41H51N5O8S. The molecule has 2 aliphatic rings. The lowest BCUT2D eigenvalue weighted by atomic mass is 9.92. The molecule has 2 unspecified atom stereocenters. The minimum atomic E-state index is -0.988. The number of epoxide rings is 1. The van der Waals surface area contributed by atoms with Gasteiger partial charge in [-0.25, -0.2) is 4.98 Å². The van der Waals surface area contributed by atoms with E-state index in [2.05, 4.69) is 20.9 Å². The second-order valence-corrected chi connectivity index (χ2v) is 15.7. The van der Waals surface area contributed by atoms with Crippen LogP contribution in [0.5, 0.6) is 5.19 Å². The summed E-state index contributed by atoms with van der Waals surface area (Å²) in [5, 5.41) is 10.4. The topological polar surface area (TPSA) is 176 Å². The van der Waals surface area contributed by atoms with Crippen molar-refractivity contribution >= 4 is 46.7 Å². The minimum Gasteiger partial charge on any atom is -0.398 e. The Morgan fingerprint density at radius 1 is 0.982 bits per heavy atom. The number of rotatable bonds is 19. The first-order chi connectivity index (χ1) is 26.3. The van der Waals surface area contributed by atoms with Crippen molar-refractivity contribution in [1.82, 2.24) is 25.8 Å². The van der Waals surface area contributed by atoms with E-state index in [0.29, 0.717) is 25.1 Å². The number of hydrogen-bond donors (Lipinski definition) is 3. The van der Waals surface area contributed by atoms with E-state index in [1.807, 2.05) is 81.4 Å². The third-order valence-electron chi connectivity index (χ3n) is 9.85. The Labute approximate surface area is 325 Å². The highest BCUT2D eigenvalue weighted by molar-refractivity contribution is 7.11. The Kier molecular flexibility index (Phi) is 13.9. The van der Waals surface area contributed by atoms with Gasteiger partial charge in [0.2, 0.25) is 23.6 Å². The van der Waals surface area contributed by atoms with Crippen molar-refractivity contribution in [3.63, 3.8) is 0 Å². The standard InChI is InChI=1S/C41H51N5O8S/c1-6-35(48)54-40-42-29(23-55-40)22-34(47)43-30(18-17-27-13-9-7-10-14-27)37(50)45-32-20-26(4)46(39(32)52)33(21-28-15-11-8-12-16-28)38(51)44-31(19-25(2)3)36(49)41(5)24-53-41/h7-16,23,25-26,30-33H,6,17-22,24H2,1-5H3,(H,43,47)(H,44,51)(H,45,50)/t26?,30-,31-,32-,33-,41?/m0/s1. The third kappa shape index (κ3) is 11.3. The average Bonchev–Trinajstić information content (AvgIpc) is 3.67. The summed E-state index contributed by atoms with van der Waals surface area (Å²) in [6, 6.07) is 14.8. The zero-order valence-electron chi connectivity index (χ0n) is 32.0. The van der Waals surface area contributed by atoms with Gasteiger partial charge in [-0.05, 0) is 56.6 Å². The van der Waals surface area contributed by atoms with Gasteiger partial charge in [0.05, 0.1) is 24.8 Å². The van der Waals surface area contributed by atoms with Gasteiger partial charge in [0.15, 0.2) is 5.78 Å². The summed E-state index contributed by atoms with van der Waals surface area (Å²) in [6.07, 6.45) is 1.62. The van der Waals surface area contributed by atoms with Crippen molar-refractivity contribution in [3.05, 3.63) is 82.9 Å². The number of carbonyl (C=O) groups is 6. The summed E-state index contributed by atoms with van der Waals surface area (Å²) < 4.78 is 10.6. The Morgan fingerprint density at radius 3 is 2.25 bits per heavy atom. The zero-order valence-corrected chi connectivity index (χ0v) is 32.9. The summed E-state index contributed by atoms with van der Waals surface area (Å²) >= 11 is 1.10. The van der Waals surface area contributed by atoms with Crippen LogP contribution in [0.4, 0.5) is 0 Å². The highest BCUT2D eigenvalue weighted by Crippen LogP contribution is 2.30. The van der Waals surface area contributed by atoms with E-state index in [1.54, 1.807) is 19.2 Å². The van der Waals surface area contributed by atoms with Crippen LogP contribution >= 0.6 is 11.3 Å². The van der Waals surface area contributed by atoms with Crippen molar-refractivity contribution in [3.8, 4) is 5.19 Å². The molecule has 2 aliphatic heterocycles. The van der Waals surface area contributed by atoms with Crippen molar-refractivity contribution in [2.45, 2.75) is 115 Å². The van der Waals surface area contributed by atoms with Gasteiger partial charge in [0, 0.05) is 24.3 Å². The average molecular weight is 774 g/mol. The van der Waals surface area contributed by atoms with Gasteiger partial charge >= 0.3 is 5.97 Å². The molecule has 4 amide bonds. The predicted octanol–water partition coefficient (Wildman–Crippen LogP) is 3.72. The number of carbonyl (C=O) groups excluding carboxylic acids is 6. The molecule has 3 aromatic rings. The molecule has 13 nitrogen and oxygen atoms in total. The molecule has 6 atom stereocenters. The van der Waals surface area contributed by atoms with Gasteiger partial charge < -0.3 is 30.3 Å². The largest absolute Gasteiger partial charge is 0.398 e. The van der Waals surface area contributed by atoms with Crippen LogP contribution in [0.25, 0.3) is 0 Å². The smallest absolute Gasteiger partial charge is 0.312 e. The fourth-order valence-electron chi connectivity index (χ4n) is 6.77. The number of Topliss-reactive ketones (excluding diaryl/α,β-unsaturated/α-hetero) is 1. The van der Waals surface area contributed by atoms with Crippen molar-refractivity contribution in [2.75, 3.05) is 6.61 Å². The first-order valence-corrected chi connectivity index (χ1v) is 19.8. The van der Waals surface area contributed by atoms with Gasteiger partial charge in [0.25, 0.3) is 5.19 Å². The molecule has 294 valence electrons. The molecule has 0 bridgehead atoms. The number of esters is 1. The first kappa shape index (κ1) is 41.2. The van der Waals surface area contributed by atoms with Crippen LogP contribution < -0.4 is 20.7 Å². The Balaban J connectivity index is 1.31. The second-order valence-electron chi connectivity index (χ2n) is 14.9. The van der Waals surface area contributed by atoms with E-state index in [9.17, 15) is 28.8 Å². The maximum absolute atomic E-state index is 14.2. The zero-order chi connectivity index (χ0) is 39.7. The lowest BCUT2D eigenvalue weighted by molar-refractivity contribution is -0.142. The number of nitrogens with zero attached hydrogens (tertiary/aromatic N) is 2. The van der Waals surface area contributed by atoms with Crippen LogP contribution in [-0.4, -0.2) is 87.7 Å². The number of ketones is 1. The maximum atomic E-state index is 14.2. The van der Waals surface area contributed by atoms with Gasteiger partial charge in [-0.2, -0.15) is 0 Å². The minimum absolute atomic E-state index is 0.107. The molecule has 5 rings (SSSR count). The molecule has 0 saturated carbocycles. The number of amides is 4. The summed E-state index contributed by atoms with van der Waals surface area (Å²) in [4.78, 5) is 86.5. The van der Waals surface area contributed by atoms with Gasteiger partial charge in [-0.1, -0.05) is 92.8 Å². The molecule has 3 heterocycles. The van der Waals surface area contributed by atoms with Crippen LogP contribution in [0.15, 0.2) is 66.0 Å². The van der Waals surface area contributed by atoms with E-state index in [0.717, 1.165) is 22.5 Å². The maximum Gasteiger partial charge on any atom is 0.312 e. The number of hydrogen-bond acceptors (Lipinski definition) is 10. The molecule has 0 radical (unpaired) electrons. The van der Waals surface area contributed by atoms with Crippen LogP contribution in [0, 0.1) is 5.92 Å². The number of thiazole rings is 1. The number of aromatic nitrogens is 1. The SMILES string of the molecule is CCC(=O)Oc1nc(CC(=O)N[C@@H](CCc2ccccc2)C(=O)N[C@H]2CC(C)N([C@@H](Cc3ccccc3)C(=O)N[C@@H](CC(C)C)C(=O)C3(C)CO3)C2=O)cs1. The quantitative estimate of drug-likeness (QED) is 0.121. The fraction of sp³-hybridized carbons (Fsp3) is 0.488. The van der Waals surface area contributed by atoms with Gasteiger partial charge in [0.1, 0.15) is 23.7 Å². The first-order valence-electron chi connectivity index (χ1n) is 18.9. The fourth-order valence-corrected chi connectivity index (χ4v) is 7.46. The molecule has 1 aromatic heterocycles. The van der Waals surface area contributed by atoms with E-state index in [-0.39, 0.29) is 49.0 Å². The summed E-state index contributed by atoms with van der Waals surface area (Å²) in [5.74, 6) is -2.40. The Hall–Kier alpha value is -4.95. The number of ether oxygens (including phenoxy) is 2. The highest BCUT2D eigenvalue weighted by atomic mass is 32.1. The third-order valence-corrected chi connectivity index (χ3v) is 10.6. The van der Waals surface area contributed by atoms with E-state index in [4.69, 9.17) is 9.47 Å². The molecule has 2 saturated heterocycles. The Morgan fingerprint density at radius 2 is 1.64 bits per heavy atom. The highest BCUT2D eigenvalue weighted by Gasteiger charge is 2.51. The molecular weight excluding hydrogens is 723 g/mol. The van der Waals surface area contributed by atoms with Crippen LogP contribution in [0.3, 0.4) is 0 Å². The Bertz CT molecular complexity index is 1830. The lowest BCUT2D eigenvalue weighted by Crippen LogP contribution is -2.57. The summed E-state index contributed by atoms with van der Waals surface area (Å²) in [5.41, 5.74) is 1.25. The lowest BCUT2D eigenvalue weighted by Gasteiger charge is -2.33. The molecule has 2 fully saturated rings. The van der Waals surface area contributed by atoms with Crippen LogP contribution in [-0.2, 0) is 52.8 Å². The molecule has 55 heavy (non-hydrogen) atoms. The molecule has 14 heteroatoms. The van der Waals surface area contributed by atoms with Crippen molar-refractivity contribution < 1.29 is 38.2 Å². The van der Waals surface area contributed by atoms with Crippen LogP contribution in [0.2, 0.25) is 0 Å². The van der Waals surface area contributed by atoms with Crippen molar-refractivity contribution in [1.29, 1.82) is 0 Å². The second kappa shape index (κ2) is 18.6. The molecule has 2 aromatic carbocycles. The predicted molar refractivity (Wildman–Crippen MR) is 206 cm³/mol. The summed E-state index contributed by atoms with van der Waals surface area (Å²) in [7, 11) is 0. The van der Waals surface area contributed by atoms with E-state index < -0.39 is 65.4 Å². The number of benzene rings is 2. The number of likely N-dealkylation sites (tertiary alicyclic amines) is 1. The van der Waals surface area contributed by atoms with Crippen LogP contribution in [0.1, 0.15) is 77.1 Å². The molecule has 0 aliphatic carbocycles. The number of aryl methyl sites for hydroxylation is 1. The van der Waals surface area contributed by atoms with E-state index >= 15 is 0 Å². The van der Waals surface area contributed by atoms with Gasteiger partial charge in [-0.3, -0.25) is 28.8 Å². The van der Waals surface area contributed by atoms with Gasteiger partial charge in [-0.15, -0.1) is 0 Å². The van der Waals surface area contributed by atoms with E-state index in [1.165, 1.54) is 4.90 Å². The van der Waals surface area contributed by atoms with Crippen molar-refractivity contribution in [2.24, 2.45) is 5.92 Å².